The molecule has 180 valence electrons. The van der Waals surface area contributed by atoms with Crippen molar-refractivity contribution in [2.75, 3.05) is 27.7 Å². The van der Waals surface area contributed by atoms with Crippen LogP contribution in [0.4, 0.5) is 0 Å². The molecule has 0 amide bonds. The van der Waals surface area contributed by atoms with Crippen molar-refractivity contribution in [1.82, 2.24) is 9.88 Å². The number of aromatic nitrogens is 1. The van der Waals surface area contributed by atoms with E-state index in [9.17, 15) is 5.11 Å². The molecule has 0 saturated heterocycles. The molecular weight excluding hydrogens is 500 g/mol. The van der Waals surface area contributed by atoms with Crippen LogP contribution in [0, 0.1) is 11.8 Å². The predicted octanol–water partition coefficient (Wildman–Crippen LogP) is 6.50. The highest BCUT2D eigenvalue weighted by molar-refractivity contribution is 9.10. The predicted molar refractivity (Wildman–Crippen MR) is 148 cm³/mol. The smallest absolute Gasteiger partial charge is 0.217 e. The molecule has 0 fully saturated rings. The molecule has 0 spiro atoms. The Labute approximate surface area is 216 Å². The highest BCUT2D eigenvalue weighted by atomic mass is 79.9. The molecule has 1 aromatic heterocycles. The molecule has 2 atom stereocenters. The Bertz CT molecular complexity index is 1400. The van der Waals surface area contributed by atoms with Gasteiger partial charge in [-0.1, -0.05) is 58.4 Å². The first-order chi connectivity index (χ1) is 16.9. The van der Waals surface area contributed by atoms with Crippen molar-refractivity contribution in [3.05, 3.63) is 82.3 Å². The fraction of sp³-hybridized carbons (Fsp3) is 0.300. The van der Waals surface area contributed by atoms with E-state index in [0.29, 0.717) is 25.3 Å². The number of ether oxygens (including phenoxy) is 1. The van der Waals surface area contributed by atoms with Gasteiger partial charge in [0.15, 0.2) is 0 Å². The lowest BCUT2D eigenvalue weighted by atomic mass is 9.72. The first-order valence-electron chi connectivity index (χ1n) is 11.8. The van der Waals surface area contributed by atoms with E-state index in [-0.39, 0.29) is 5.92 Å². The van der Waals surface area contributed by atoms with E-state index in [1.165, 1.54) is 0 Å². The molecule has 0 bridgehead atoms. The van der Waals surface area contributed by atoms with Crippen LogP contribution < -0.4 is 4.74 Å². The van der Waals surface area contributed by atoms with Gasteiger partial charge in [0.1, 0.15) is 0 Å². The number of benzene rings is 3. The summed E-state index contributed by atoms with van der Waals surface area (Å²) >= 11 is 3.58. The summed E-state index contributed by atoms with van der Waals surface area (Å²) in [6.45, 7) is 2.55. The second-order valence-corrected chi connectivity index (χ2v) is 10.0. The molecule has 4 nitrogen and oxygen atoms in total. The Morgan fingerprint density at radius 2 is 1.83 bits per heavy atom. The zero-order chi connectivity index (χ0) is 25.0. The Morgan fingerprint density at radius 1 is 1.06 bits per heavy atom. The average molecular weight is 531 g/mol. The summed E-state index contributed by atoms with van der Waals surface area (Å²) in [6, 6.07) is 22.5. The van der Waals surface area contributed by atoms with Crippen molar-refractivity contribution in [2.45, 2.75) is 31.3 Å². The third-order valence-electron chi connectivity index (χ3n) is 6.59. The number of halogens is 1. The second kappa shape index (κ2) is 10.8. The molecule has 0 aliphatic heterocycles. The quantitative estimate of drug-likeness (QED) is 0.264. The molecule has 5 heteroatoms. The average Bonchev–Trinajstić information content (AvgIpc) is 2.86. The minimum Gasteiger partial charge on any atom is -0.481 e. The summed E-state index contributed by atoms with van der Waals surface area (Å²) < 4.78 is 6.77. The van der Waals surface area contributed by atoms with E-state index in [1.807, 2.05) is 63.5 Å². The number of hydrogen-bond acceptors (Lipinski definition) is 4. The zero-order valence-electron chi connectivity index (χ0n) is 20.7. The maximum Gasteiger partial charge on any atom is 0.217 e. The van der Waals surface area contributed by atoms with Gasteiger partial charge in [0, 0.05) is 34.3 Å². The highest BCUT2D eigenvalue weighted by Gasteiger charge is 2.41. The van der Waals surface area contributed by atoms with Gasteiger partial charge in [-0.2, -0.15) is 0 Å². The third kappa shape index (κ3) is 5.21. The summed E-state index contributed by atoms with van der Waals surface area (Å²) in [6.07, 6.45) is 1.00. The van der Waals surface area contributed by atoms with Crippen LogP contribution in [-0.2, 0) is 5.60 Å². The zero-order valence-corrected chi connectivity index (χ0v) is 22.3. The van der Waals surface area contributed by atoms with E-state index in [2.05, 4.69) is 56.9 Å². The lowest BCUT2D eigenvalue weighted by Crippen LogP contribution is -2.37. The van der Waals surface area contributed by atoms with Crippen molar-refractivity contribution < 1.29 is 9.84 Å². The summed E-state index contributed by atoms with van der Waals surface area (Å²) in [5.74, 6) is 6.45. The van der Waals surface area contributed by atoms with E-state index in [4.69, 9.17) is 9.72 Å². The maximum absolute atomic E-state index is 12.7. The summed E-state index contributed by atoms with van der Waals surface area (Å²) in [7, 11) is 5.69. The molecular formula is C30H31BrN2O2. The van der Waals surface area contributed by atoms with Gasteiger partial charge in [-0.05, 0) is 68.0 Å². The SMILES string of the molecule is CC#CCC(c1cc2cc(Br)ccc2nc1OC)C(O)(CCN(C)C)c1cccc2ccccc12. The molecule has 0 aliphatic carbocycles. The van der Waals surface area contributed by atoms with Crippen LogP contribution in [0.3, 0.4) is 0 Å². The van der Waals surface area contributed by atoms with Gasteiger partial charge in [-0.25, -0.2) is 4.98 Å². The number of fused-ring (bicyclic) bond motifs is 2. The van der Waals surface area contributed by atoms with Crippen LogP contribution in [0.25, 0.3) is 21.7 Å². The van der Waals surface area contributed by atoms with Crippen molar-refractivity contribution in [3.8, 4) is 17.7 Å². The van der Waals surface area contributed by atoms with Crippen molar-refractivity contribution in [1.29, 1.82) is 0 Å². The topological polar surface area (TPSA) is 45.6 Å². The molecule has 4 aromatic rings. The van der Waals surface area contributed by atoms with Crippen molar-refractivity contribution in [2.24, 2.45) is 0 Å². The van der Waals surface area contributed by atoms with Crippen LogP contribution in [0.15, 0.2) is 71.2 Å². The fourth-order valence-corrected chi connectivity index (χ4v) is 5.17. The molecule has 3 aromatic carbocycles. The highest BCUT2D eigenvalue weighted by Crippen LogP contribution is 2.47. The monoisotopic (exact) mass is 530 g/mol. The number of nitrogens with zero attached hydrogens (tertiary/aromatic N) is 2. The van der Waals surface area contributed by atoms with E-state index in [0.717, 1.165) is 37.3 Å². The Balaban J connectivity index is 2.00. The first-order valence-corrected chi connectivity index (χ1v) is 12.6. The maximum atomic E-state index is 12.7. The number of pyridine rings is 1. The standard InChI is InChI=1S/C30H31BrN2O2/c1-5-6-13-27(25-20-22-19-23(31)15-16-28(22)32-29(25)35-4)30(34,17-18-33(2)3)26-14-9-11-21-10-7-8-12-24(21)26/h7-12,14-16,19-20,27,34H,13,17-18H2,1-4H3. The van der Waals surface area contributed by atoms with Crippen molar-refractivity contribution in [3.63, 3.8) is 0 Å². The molecule has 0 saturated carbocycles. The number of rotatable bonds is 8. The van der Waals surface area contributed by atoms with Gasteiger partial charge in [-0.15, -0.1) is 11.8 Å². The van der Waals surface area contributed by atoms with Gasteiger partial charge in [0.2, 0.25) is 5.88 Å². The van der Waals surface area contributed by atoms with Crippen LogP contribution in [-0.4, -0.2) is 42.7 Å². The lowest BCUT2D eigenvalue weighted by Gasteiger charge is -2.38. The molecule has 2 unspecified atom stereocenters. The number of aliphatic hydroxyl groups is 1. The number of methoxy groups -OCH3 is 1. The van der Waals surface area contributed by atoms with E-state index in [1.54, 1.807) is 7.11 Å². The van der Waals surface area contributed by atoms with Crippen LogP contribution in [0.1, 0.15) is 36.8 Å². The summed E-state index contributed by atoms with van der Waals surface area (Å²) in [4.78, 5) is 6.92. The van der Waals surface area contributed by atoms with Crippen molar-refractivity contribution >= 4 is 37.6 Å². The first kappa shape index (κ1) is 25.2. The molecule has 1 heterocycles. The normalized spacial score (nSPS) is 13.9. The van der Waals surface area contributed by atoms with Gasteiger partial charge >= 0.3 is 0 Å². The van der Waals surface area contributed by atoms with E-state index < -0.39 is 5.60 Å². The fourth-order valence-electron chi connectivity index (χ4n) is 4.79. The third-order valence-corrected chi connectivity index (χ3v) is 7.09. The van der Waals surface area contributed by atoms with Gasteiger partial charge < -0.3 is 14.7 Å². The van der Waals surface area contributed by atoms with E-state index >= 15 is 0 Å². The summed E-state index contributed by atoms with van der Waals surface area (Å²) in [5, 5.41) is 15.9. The largest absolute Gasteiger partial charge is 0.481 e. The minimum absolute atomic E-state index is 0.355. The number of hydrogen-bond donors (Lipinski definition) is 1. The molecule has 1 N–H and O–H groups in total. The minimum atomic E-state index is -1.20. The van der Waals surface area contributed by atoms with Gasteiger partial charge in [-0.3, -0.25) is 0 Å². The van der Waals surface area contributed by atoms with Crippen LogP contribution in [0.5, 0.6) is 5.88 Å². The Morgan fingerprint density at radius 3 is 2.57 bits per heavy atom. The second-order valence-electron chi connectivity index (χ2n) is 9.11. The molecule has 0 aliphatic rings. The van der Waals surface area contributed by atoms with Crippen LogP contribution >= 0.6 is 15.9 Å². The Kier molecular flexibility index (Phi) is 7.76. The summed E-state index contributed by atoms with van der Waals surface area (Å²) in [5.41, 5.74) is 1.40. The molecule has 0 radical (unpaired) electrons. The van der Waals surface area contributed by atoms with Gasteiger partial charge in [0.05, 0.1) is 18.2 Å². The molecule has 4 rings (SSSR count). The van der Waals surface area contributed by atoms with Gasteiger partial charge in [0.25, 0.3) is 0 Å². The van der Waals surface area contributed by atoms with Crippen LogP contribution in [0.2, 0.25) is 0 Å². The Hall–Kier alpha value is -2.91. The lowest BCUT2D eigenvalue weighted by molar-refractivity contribution is -0.00521. The molecule has 35 heavy (non-hydrogen) atoms.